The highest BCUT2D eigenvalue weighted by atomic mass is 16.6. The van der Waals surface area contributed by atoms with Crippen molar-refractivity contribution in [2.24, 2.45) is 0 Å². The number of ether oxygens (including phenoxy) is 1. The van der Waals surface area contributed by atoms with Crippen LogP contribution in [0.3, 0.4) is 0 Å². The molecule has 0 aromatic rings. The molecule has 1 amide bonds. The summed E-state index contributed by atoms with van der Waals surface area (Å²) in [5.41, 5.74) is -0.464. The number of hydrogen-bond donors (Lipinski definition) is 0. The molecule has 0 unspecified atom stereocenters. The first-order valence-corrected chi connectivity index (χ1v) is 5.45. The van der Waals surface area contributed by atoms with Crippen LogP contribution < -0.4 is 0 Å². The van der Waals surface area contributed by atoms with E-state index >= 15 is 0 Å². The van der Waals surface area contributed by atoms with Crippen LogP contribution in [0.4, 0.5) is 4.79 Å². The van der Waals surface area contributed by atoms with E-state index in [4.69, 9.17) is 4.74 Å². The van der Waals surface area contributed by atoms with Crippen molar-refractivity contribution in [2.75, 3.05) is 13.1 Å². The smallest absolute Gasteiger partial charge is 0.411 e. The number of rotatable bonds is 0. The molecule has 0 spiro atoms. The van der Waals surface area contributed by atoms with Crippen molar-refractivity contribution in [3.63, 3.8) is 0 Å². The zero-order valence-corrected chi connectivity index (χ0v) is 10.6. The summed E-state index contributed by atoms with van der Waals surface area (Å²) >= 11 is 0. The molecule has 0 bridgehead atoms. The number of carbonyl (C=O) groups excluding carboxylic acids is 3. The molecule has 94 valence electrons. The molecule has 1 rings (SSSR count). The van der Waals surface area contributed by atoms with Gasteiger partial charge in [-0.2, -0.15) is 0 Å². The van der Waals surface area contributed by atoms with Gasteiger partial charge in [0.05, 0.1) is 18.7 Å². The van der Waals surface area contributed by atoms with Gasteiger partial charge < -0.3 is 4.74 Å². The van der Waals surface area contributed by atoms with Crippen LogP contribution in [0.5, 0.6) is 0 Å². The van der Waals surface area contributed by atoms with E-state index in [0.29, 0.717) is 0 Å². The van der Waals surface area contributed by atoms with Crippen molar-refractivity contribution >= 4 is 17.7 Å². The first-order chi connectivity index (χ1) is 7.74. The SMILES string of the molecule is CC=C1C(=O)CN(C(=O)OC(C)(C)C)CC1=O. The summed E-state index contributed by atoms with van der Waals surface area (Å²) in [6.45, 7) is 6.64. The van der Waals surface area contributed by atoms with Crippen molar-refractivity contribution in [3.8, 4) is 0 Å². The monoisotopic (exact) mass is 239 g/mol. The lowest BCUT2D eigenvalue weighted by atomic mass is 10.0. The van der Waals surface area contributed by atoms with Crippen molar-refractivity contribution in [1.29, 1.82) is 0 Å². The van der Waals surface area contributed by atoms with Crippen LogP contribution in [-0.4, -0.2) is 41.3 Å². The lowest BCUT2D eigenvalue weighted by molar-refractivity contribution is -0.126. The Morgan fingerprint density at radius 3 is 2.06 bits per heavy atom. The molecule has 0 saturated carbocycles. The zero-order chi connectivity index (χ0) is 13.2. The van der Waals surface area contributed by atoms with E-state index < -0.39 is 11.7 Å². The number of piperidine rings is 1. The van der Waals surface area contributed by atoms with Crippen molar-refractivity contribution in [2.45, 2.75) is 33.3 Å². The van der Waals surface area contributed by atoms with E-state index in [1.807, 2.05) is 0 Å². The second kappa shape index (κ2) is 4.69. The lowest BCUT2D eigenvalue weighted by Gasteiger charge is -2.29. The van der Waals surface area contributed by atoms with E-state index in [9.17, 15) is 14.4 Å². The molecule has 1 fully saturated rings. The number of amides is 1. The summed E-state index contributed by atoms with van der Waals surface area (Å²) in [6.07, 6.45) is 0.853. The minimum atomic E-state index is -0.635. The van der Waals surface area contributed by atoms with E-state index in [0.717, 1.165) is 4.90 Å². The third-order valence-corrected chi connectivity index (χ3v) is 2.21. The lowest BCUT2D eigenvalue weighted by Crippen LogP contribution is -2.47. The number of Topliss-reactive ketones (excluding diaryl/α,β-unsaturated/α-hetero) is 2. The number of carbonyl (C=O) groups is 3. The van der Waals surface area contributed by atoms with E-state index in [2.05, 4.69) is 0 Å². The average Bonchev–Trinajstić information content (AvgIpc) is 2.14. The van der Waals surface area contributed by atoms with Gasteiger partial charge in [-0.3, -0.25) is 14.5 Å². The number of hydrogen-bond acceptors (Lipinski definition) is 4. The topological polar surface area (TPSA) is 63.7 Å². The molecule has 1 aliphatic heterocycles. The highest BCUT2D eigenvalue weighted by molar-refractivity contribution is 6.23. The highest BCUT2D eigenvalue weighted by Gasteiger charge is 2.33. The molecule has 0 atom stereocenters. The summed E-state index contributed by atoms with van der Waals surface area (Å²) in [6, 6.07) is 0. The molecule has 5 heteroatoms. The Kier molecular flexibility index (Phi) is 3.70. The van der Waals surface area contributed by atoms with Gasteiger partial charge in [0.25, 0.3) is 0 Å². The number of likely N-dealkylation sites (tertiary alicyclic amines) is 1. The third kappa shape index (κ3) is 3.41. The van der Waals surface area contributed by atoms with Crippen molar-refractivity contribution < 1.29 is 19.1 Å². The van der Waals surface area contributed by atoms with Crippen LogP contribution >= 0.6 is 0 Å². The molecule has 5 nitrogen and oxygen atoms in total. The molecule has 0 aliphatic carbocycles. The summed E-state index contributed by atoms with van der Waals surface area (Å²) in [7, 11) is 0. The van der Waals surface area contributed by atoms with Gasteiger partial charge in [-0.05, 0) is 27.7 Å². The van der Waals surface area contributed by atoms with Crippen molar-refractivity contribution in [1.82, 2.24) is 4.90 Å². The molecular formula is C12H17NO4. The first-order valence-electron chi connectivity index (χ1n) is 5.45. The minimum Gasteiger partial charge on any atom is -0.444 e. The van der Waals surface area contributed by atoms with Gasteiger partial charge in [0.1, 0.15) is 5.60 Å². The predicted octanol–water partition coefficient (Wildman–Crippen LogP) is 1.32. The maximum atomic E-state index is 11.7. The van der Waals surface area contributed by atoms with Gasteiger partial charge in [-0.15, -0.1) is 0 Å². The largest absolute Gasteiger partial charge is 0.444 e. The Bertz CT molecular complexity index is 370. The van der Waals surface area contributed by atoms with Gasteiger partial charge in [0.15, 0.2) is 11.6 Å². The van der Waals surface area contributed by atoms with Crippen LogP contribution in [0, 0.1) is 0 Å². The normalized spacial score (nSPS) is 17.2. The fourth-order valence-electron chi connectivity index (χ4n) is 1.51. The molecule has 17 heavy (non-hydrogen) atoms. The highest BCUT2D eigenvalue weighted by Crippen LogP contribution is 2.14. The third-order valence-electron chi connectivity index (χ3n) is 2.21. The summed E-state index contributed by atoms with van der Waals surface area (Å²) in [5.74, 6) is -0.677. The number of allylic oxidation sites excluding steroid dienone is 1. The van der Waals surface area contributed by atoms with E-state index in [1.165, 1.54) is 6.08 Å². The number of ketones is 2. The van der Waals surface area contributed by atoms with Gasteiger partial charge in [0.2, 0.25) is 0 Å². The Morgan fingerprint density at radius 1 is 1.24 bits per heavy atom. The quantitative estimate of drug-likeness (QED) is 0.472. The second-order valence-electron chi connectivity index (χ2n) is 4.89. The maximum absolute atomic E-state index is 11.7. The maximum Gasteiger partial charge on any atom is 0.411 e. The average molecular weight is 239 g/mol. The Balaban J connectivity index is 2.74. The van der Waals surface area contributed by atoms with Gasteiger partial charge in [-0.1, -0.05) is 6.08 Å². The van der Waals surface area contributed by atoms with Gasteiger partial charge in [-0.25, -0.2) is 4.79 Å². The zero-order valence-electron chi connectivity index (χ0n) is 10.6. The summed E-state index contributed by atoms with van der Waals surface area (Å²) in [4.78, 5) is 36.0. The Hall–Kier alpha value is -1.65. The fourth-order valence-corrected chi connectivity index (χ4v) is 1.51. The Morgan fingerprint density at radius 2 is 1.71 bits per heavy atom. The van der Waals surface area contributed by atoms with Crippen LogP contribution in [0.15, 0.2) is 11.6 Å². The molecule has 1 heterocycles. The molecular weight excluding hydrogens is 222 g/mol. The summed E-state index contributed by atoms with van der Waals surface area (Å²) in [5, 5.41) is 0. The van der Waals surface area contributed by atoms with Crippen molar-refractivity contribution in [3.05, 3.63) is 11.6 Å². The van der Waals surface area contributed by atoms with Crippen LogP contribution in [0.2, 0.25) is 0 Å². The minimum absolute atomic E-state index is 0.0969. The predicted molar refractivity (Wildman–Crippen MR) is 61.6 cm³/mol. The van der Waals surface area contributed by atoms with E-state index in [1.54, 1.807) is 27.7 Å². The van der Waals surface area contributed by atoms with Gasteiger partial charge in [0, 0.05) is 0 Å². The number of nitrogens with zero attached hydrogens (tertiary/aromatic N) is 1. The summed E-state index contributed by atoms with van der Waals surface area (Å²) < 4.78 is 5.11. The fraction of sp³-hybridized carbons (Fsp3) is 0.583. The Labute approximate surface area is 100 Å². The molecule has 0 N–H and O–H groups in total. The van der Waals surface area contributed by atoms with Crippen LogP contribution in [0.1, 0.15) is 27.7 Å². The molecule has 0 aromatic heterocycles. The second-order valence-corrected chi connectivity index (χ2v) is 4.89. The standard InChI is InChI=1S/C12H17NO4/c1-5-8-9(14)6-13(7-10(8)15)11(16)17-12(2,3)4/h5H,6-7H2,1-4H3. The van der Waals surface area contributed by atoms with Crippen LogP contribution in [-0.2, 0) is 14.3 Å². The van der Waals surface area contributed by atoms with Crippen LogP contribution in [0.25, 0.3) is 0 Å². The molecule has 0 aromatic carbocycles. The van der Waals surface area contributed by atoms with E-state index in [-0.39, 0.29) is 30.2 Å². The molecule has 1 saturated heterocycles. The molecule has 1 aliphatic rings. The molecule has 0 radical (unpaired) electrons. The van der Waals surface area contributed by atoms with Gasteiger partial charge >= 0.3 is 6.09 Å². The first kappa shape index (κ1) is 13.4.